The fraction of sp³-hybridized carbons (Fsp3) is 0.333. The maximum atomic E-state index is 14.0. The van der Waals surface area contributed by atoms with Crippen LogP contribution in [0, 0.1) is 5.82 Å². The Labute approximate surface area is 129 Å². The maximum absolute atomic E-state index is 14.0. The van der Waals surface area contributed by atoms with Crippen molar-refractivity contribution in [2.24, 2.45) is 5.73 Å². The number of rotatable bonds is 4. The van der Waals surface area contributed by atoms with Gasteiger partial charge in [0.15, 0.2) is 0 Å². The lowest BCUT2D eigenvalue weighted by atomic mass is 9.77. The van der Waals surface area contributed by atoms with Crippen molar-refractivity contribution in [3.05, 3.63) is 70.0 Å². The summed E-state index contributed by atoms with van der Waals surface area (Å²) >= 11 is 5.84. The Hall–Kier alpha value is -1.38. The minimum Gasteiger partial charge on any atom is -0.324 e. The van der Waals surface area contributed by atoms with Gasteiger partial charge in [0.25, 0.3) is 0 Å². The molecule has 1 fully saturated rings. The normalized spacial score (nSPS) is 16.5. The lowest BCUT2D eigenvalue weighted by Gasteiger charge is -2.29. The number of halogens is 2. The van der Waals surface area contributed by atoms with Crippen molar-refractivity contribution < 1.29 is 4.39 Å². The second kappa shape index (κ2) is 6.17. The van der Waals surface area contributed by atoms with Gasteiger partial charge in [0.2, 0.25) is 0 Å². The summed E-state index contributed by atoms with van der Waals surface area (Å²) in [6, 6.07) is 13.2. The van der Waals surface area contributed by atoms with E-state index in [1.807, 2.05) is 6.07 Å². The Morgan fingerprint density at radius 1 is 1.14 bits per heavy atom. The zero-order chi connectivity index (χ0) is 14.8. The van der Waals surface area contributed by atoms with Crippen LogP contribution in [0.5, 0.6) is 0 Å². The average molecular weight is 304 g/mol. The predicted octanol–water partition coefficient (Wildman–Crippen LogP) is 4.99. The molecule has 3 rings (SSSR count). The Morgan fingerprint density at radius 3 is 2.62 bits per heavy atom. The molecule has 1 saturated carbocycles. The standard InChI is InChI=1S/C18H19ClFN/c19-16-10-4-7-13(18(16)20)11-17(21)15-9-2-1-8-14(15)12-5-3-6-12/h1-2,4,7-10,12,17H,3,5-6,11,21H2. The van der Waals surface area contributed by atoms with Crippen LogP contribution in [-0.2, 0) is 6.42 Å². The van der Waals surface area contributed by atoms with E-state index in [9.17, 15) is 4.39 Å². The average Bonchev–Trinajstić information content (AvgIpc) is 2.42. The van der Waals surface area contributed by atoms with Gasteiger partial charge in [0.1, 0.15) is 5.82 Å². The van der Waals surface area contributed by atoms with Crippen LogP contribution < -0.4 is 5.73 Å². The van der Waals surface area contributed by atoms with E-state index in [0.717, 1.165) is 5.56 Å². The van der Waals surface area contributed by atoms with Gasteiger partial charge in [-0.15, -0.1) is 0 Å². The summed E-state index contributed by atoms with van der Waals surface area (Å²) in [5.41, 5.74) is 9.41. The van der Waals surface area contributed by atoms with E-state index >= 15 is 0 Å². The molecule has 1 aliphatic carbocycles. The van der Waals surface area contributed by atoms with Crippen LogP contribution in [-0.4, -0.2) is 0 Å². The van der Waals surface area contributed by atoms with Gasteiger partial charge in [-0.25, -0.2) is 4.39 Å². The Bertz CT molecular complexity index is 637. The lowest BCUT2D eigenvalue weighted by Crippen LogP contribution is -2.19. The summed E-state index contributed by atoms with van der Waals surface area (Å²) in [6.07, 6.45) is 4.22. The smallest absolute Gasteiger partial charge is 0.145 e. The van der Waals surface area contributed by atoms with E-state index in [1.54, 1.807) is 18.2 Å². The summed E-state index contributed by atoms with van der Waals surface area (Å²) < 4.78 is 14.0. The van der Waals surface area contributed by atoms with E-state index < -0.39 is 0 Å². The van der Waals surface area contributed by atoms with Gasteiger partial charge in [-0.3, -0.25) is 0 Å². The van der Waals surface area contributed by atoms with Gasteiger partial charge in [-0.2, -0.15) is 0 Å². The summed E-state index contributed by atoms with van der Waals surface area (Å²) in [7, 11) is 0. The predicted molar refractivity (Wildman–Crippen MR) is 85.1 cm³/mol. The van der Waals surface area contributed by atoms with Crippen LogP contribution in [0.1, 0.15) is 47.9 Å². The third kappa shape index (κ3) is 2.97. The molecule has 2 aromatic rings. The first-order valence-electron chi connectivity index (χ1n) is 7.44. The fourth-order valence-electron chi connectivity index (χ4n) is 2.99. The van der Waals surface area contributed by atoms with E-state index in [4.69, 9.17) is 17.3 Å². The third-order valence-corrected chi connectivity index (χ3v) is 4.70. The van der Waals surface area contributed by atoms with Crippen molar-refractivity contribution in [2.45, 2.75) is 37.6 Å². The second-order valence-electron chi connectivity index (χ2n) is 5.78. The number of nitrogens with two attached hydrogens (primary N) is 1. The molecule has 3 heteroatoms. The zero-order valence-corrected chi connectivity index (χ0v) is 12.6. The number of benzene rings is 2. The number of hydrogen-bond acceptors (Lipinski definition) is 1. The molecule has 0 amide bonds. The molecule has 2 aromatic carbocycles. The molecule has 0 saturated heterocycles. The Kier molecular flexibility index (Phi) is 4.27. The summed E-state index contributed by atoms with van der Waals surface area (Å²) in [5, 5.41) is 0.159. The van der Waals surface area contributed by atoms with Crippen molar-refractivity contribution in [1.29, 1.82) is 0 Å². The van der Waals surface area contributed by atoms with Crippen molar-refractivity contribution in [3.63, 3.8) is 0 Å². The first kappa shape index (κ1) is 14.6. The molecule has 0 aliphatic heterocycles. The molecular weight excluding hydrogens is 285 g/mol. The molecule has 1 unspecified atom stereocenters. The van der Waals surface area contributed by atoms with Crippen LogP contribution in [0.15, 0.2) is 42.5 Å². The SMILES string of the molecule is NC(Cc1cccc(Cl)c1F)c1ccccc1C1CCC1. The van der Waals surface area contributed by atoms with Crippen LogP contribution in [0.2, 0.25) is 5.02 Å². The van der Waals surface area contributed by atoms with Gasteiger partial charge in [-0.05, 0) is 47.9 Å². The maximum Gasteiger partial charge on any atom is 0.145 e. The highest BCUT2D eigenvalue weighted by Gasteiger charge is 2.24. The molecule has 1 nitrogen and oxygen atoms in total. The first-order chi connectivity index (χ1) is 10.2. The van der Waals surface area contributed by atoms with E-state index in [-0.39, 0.29) is 16.9 Å². The lowest BCUT2D eigenvalue weighted by molar-refractivity contribution is 0.415. The van der Waals surface area contributed by atoms with Crippen molar-refractivity contribution in [1.82, 2.24) is 0 Å². The highest BCUT2D eigenvalue weighted by Crippen LogP contribution is 2.39. The van der Waals surface area contributed by atoms with Gasteiger partial charge in [-0.1, -0.05) is 54.4 Å². The summed E-state index contributed by atoms with van der Waals surface area (Å²) in [6.45, 7) is 0. The van der Waals surface area contributed by atoms with Crippen LogP contribution in [0.25, 0.3) is 0 Å². The second-order valence-corrected chi connectivity index (χ2v) is 6.19. The minimum absolute atomic E-state index is 0.159. The van der Waals surface area contributed by atoms with E-state index in [2.05, 4.69) is 18.2 Å². The monoisotopic (exact) mass is 303 g/mol. The molecule has 0 aromatic heterocycles. The molecule has 1 aliphatic rings. The quantitative estimate of drug-likeness (QED) is 0.846. The molecule has 1 atom stereocenters. The van der Waals surface area contributed by atoms with Gasteiger partial charge < -0.3 is 5.73 Å². The molecule has 21 heavy (non-hydrogen) atoms. The Balaban J connectivity index is 1.85. The first-order valence-corrected chi connectivity index (χ1v) is 7.82. The molecule has 0 radical (unpaired) electrons. The van der Waals surface area contributed by atoms with Crippen molar-refractivity contribution >= 4 is 11.6 Å². The molecule has 110 valence electrons. The highest BCUT2D eigenvalue weighted by molar-refractivity contribution is 6.30. The van der Waals surface area contributed by atoms with Gasteiger partial charge in [0, 0.05) is 6.04 Å². The van der Waals surface area contributed by atoms with E-state index in [1.165, 1.54) is 24.8 Å². The van der Waals surface area contributed by atoms with Crippen molar-refractivity contribution in [3.8, 4) is 0 Å². The summed E-state index contributed by atoms with van der Waals surface area (Å²) in [4.78, 5) is 0. The summed E-state index contributed by atoms with van der Waals surface area (Å²) in [5.74, 6) is 0.271. The molecule has 0 spiro atoms. The molecule has 0 bridgehead atoms. The van der Waals surface area contributed by atoms with E-state index in [0.29, 0.717) is 17.9 Å². The fourth-order valence-corrected chi connectivity index (χ4v) is 3.19. The molecular formula is C18H19ClFN. The third-order valence-electron chi connectivity index (χ3n) is 4.41. The topological polar surface area (TPSA) is 26.0 Å². The minimum atomic E-state index is -0.351. The van der Waals surface area contributed by atoms with Crippen LogP contribution in [0.4, 0.5) is 4.39 Å². The van der Waals surface area contributed by atoms with Crippen molar-refractivity contribution in [2.75, 3.05) is 0 Å². The van der Waals surface area contributed by atoms with Gasteiger partial charge >= 0.3 is 0 Å². The highest BCUT2D eigenvalue weighted by atomic mass is 35.5. The molecule has 0 heterocycles. The number of hydrogen-bond donors (Lipinski definition) is 1. The molecule has 2 N–H and O–H groups in total. The zero-order valence-electron chi connectivity index (χ0n) is 11.9. The van der Waals surface area contributed by atoms with Crippen LogP contribution in [0.3, 0.4) is 0 Å². The Morgan fingerprint density at radius 2 is 1.90 bits per heavy atom. The van der Waals surface area contributed by atoms with Gasteiger partial charge in [0.05, 0.1) is 5.02 Å². The largest absolute Gasteiger partial charge is 0.324 e. The van der Waals surface area contributed by atoms with Crippen LogP contribution >= 0.6 is 11.6 Å².